The molecule has 1 aromatic carbocycles. The third-order valence-electron chi connectivity index (χ3n) is 2.76. The summed E-state index contributed by atoms with van der Waals surface area (Å²) in [5, 5.41) is 0.782. The third kappa shape index (κ3) is 3.05. The predicted molar refractivity (Wildman–Crippen MR) is 71.1 cm³/mol. The highest BCUT2D eigenvalue weighted by Gasteiger charge is 2.09. The Hall–Kier alpha value is -1.38. The van der Waals surface area contributed by atoms with Crippen LogP contribution in [0.25, 0.3) is 0 Å². The maximum Gasteiger partial charge on any atom is 0.0441 e. The van der Waals surface area contributed by atoms with Crippen LogP contribution in [0.3, 0.4) is 0 Å². The lowest BCUT2D eigenvalue weighted by Gasteiger charge is -2.13. The smallest absolute Gasteiger partial charge is 0.0441 e. The molecule has 0 radical (unpaired) electrons. The average molecular weight is 247 g/mol. The minimum Gasteiger partial charge on any atom is -0.324 e. The molecule has 0 aliphatic rings. The zero-order valence-corrected chi connectivity index (χ0v) is 10.5. The van der Waals surface area contributed by atoms with Crippen molar-refractivity contribution in [3.63, 3.8) is 0 Å². The number of pyridine rings is 1. The van der Waals surface area contributed by atoms with Gasteiger partial charge in [0.15, 0.2) is 0 Å². The molecule has 0 aliphatic carbocycles. The van der Waals surface area contributed by atoms with Crippen molar-refractivity contribution in [2.75, 3.05) is 0 Å². The monoisotopic (exact) mass is 246 g/mol. The molecule has 1 aromatic heterocycles. The highest BCUT2D eigenvalue weighted by Crippen LogP contribution is 2.22. The largest absolute Gasteiger partial charge is 0.324 e. The Morgan fingerprint density at radius 2 is 2.18 bits per heavy atom. The lowest BCUT2D eigenvalue weighted by atomic mass is 10.0. The summed E-state index contributed by atoms with van der Waals surface area (Å²) < 4.78 is 0. The Kier molecular flexibility index (Phi) is 3.77. The number of benzene rings is 1. The van der Waals surface area contributed by atoms with E-state index in [1.807, 2.05) is 31.2 Å². The molecular formula is C14H15ClN2. The van der Waals surface area contributed by atoms with Crippen molar-refractivity contribution >= 4 is 11.6 Å². The molecular weight excluding hydrogens is 232 g/mol. The number of hydrogen-bond acceptors (Lipinski definition) is 2. The first kappa shape index (κ1) is 12.1. The van der Waals surface area contributed by atoms with Gasteiger partial charge in [-0.15, -0.1) is 0 Å². The first-order valence-corrected chi connectivity index (χ1v) is 5.95. The number of nitrogens with two attached hydrogens (primary N) is 1. The number of nitrogens with zero attached hydrogens (tertiary/aromatic N) is 1. The maximum atomic E-state index is 6.19. The van der Waals surface area contributed by atoms with E-state index in [-0.39, 0.29) is 6.04 Å². The van der Waals surface area contributed by atoms with E-state index < -0.39 is 0 Å². The molecule has 88 valence electrons. The standard InChI is InChI=1S/C14H15ClN2/c1-10-4-5-11(13(15)7-10)8-14(16)12-3-2-6-17-9-12/h2-7,9,14H,8,16H2,1H3. The van der Waals surface area contributed by atoms with Crippen LogP contribution in [-0.4, -0.2) is 4.98 Å². The van der Waals surface area contributed by atoms with Crippen LogP contribution in [0.2, 0.25) is 5.02 Å². The minimum absolute atomic E-state index is 0.0658. The summed E-state index contributed by atoms with van der Waals surface area (Å²) in [4.78, 5) is 4.07. The number of rotatable bonds is 3. The molecule has 1 unspecified atom stereocenters. The van der Waals surface area contributed by atoms with E-state index >= 15 is 0 Å². The van der Waals surface area contributed by atoms with Gasteiger partial charge in [0.2, 0.25) is 0 Å². The van der Waals surface area contributed by atoms with Gasteiger partial charge >= 0.3 is 0 Å². The SMILES string of the molecule is Cc1ccc(CC(N)c2cccnc2)c(Cl)c1. The summed E-state index contributed by atoms with van der Waals surface area (Å²) in [6.07, 6.45) is 4.27. The first-order valence-electron chi connectivity index (χ1n) is 5.57. The van der Waals surface area contributed by atoms with Crippen LogP contribution in [0.5, 0.6) is 0 Å². The van der Waals surface area contributed by atoms with Gasteiger partial charge in [-0.2, -0.15) is 0 Å². The normalized spacial score (nSPS) is 12.4. The Morgan fingerprint density at radius 1 is 1.35 bits per heavy atom. The Labute approximate surface area is 106 Å². The van der Waals surface area contributed by atoms with Crippen molar-refractivity contribution in [3.05, 3.63) is 64.4 Å². The van der Waals surface area contributed by atoms with E-state index in [1.54, 1.807) is 12.4 Å². The molecule has 0 spiro atoms. The van der Waals surface area contributed by atoms with Crippen LogP contribution in [0.1, 0.15) is 22.7 Å². The summed E-state index contributed by atoms with van der Waals surface area (Å²) in [5.41, 5.74) is 9.41. The Bertz CT molecular complexity index is 497. The Morgan fingerprint density at radius 3 is 2.82 bits per heavy atom. The first-order chi connectivity index (χ1) is 8.16. The maximum absolute atomic E-state index is 6.19. The molecule has 0 bridgehead atoms. The Balaban J connectivity index is 2.16. The third-order valence-corrected chi connectivity index (χ3v) is 3.11. The molecule has 2 N–H and O–H groups in total. The predicted octanol–water partition coefficient (Wildman–Crippen LogP) is 3.29. The second-order valence-corrected chi connectivity index (χ2v) is 4.60. The number of aryl methyl sites for hydroxylation is 1. The van der Waals surface area contributed by atoms with Crippen molar-refractivity contribution in [3.8, 4) is 0 Å². The van der Waals surface area contributed by atoms with Gasteiger partial charge in [-0.25, -0.2) is 0 Å². The van der Waals surface area contributed by atoms with E-state index in [0.717, 1.165) is 28.1 Å². The molecule has 1 heterocycles. The van der Waals surface area contributed by atoms with Gasteiger partial charge in [-0.05, 0) is 42.2 Å². The second-order valence-electron chi connectivity index (χ2n) is 4.19. The summed E-state index contributed by atoms with van der Waals surface area (Å²) in [6.45, 7) is 2.02. The van der Waals surface area contributed by atoms with Crippen LogP contribution in [0.4, 0.5) is 0 Å². The van der Waals surface area contributed by atoms with Gasteiger partial charge in [0, 0.05) is 23.5 Å². The molecule has 3 heteroatoms. The summed E-state index contributed by atoms with van der Waals surface area (Å²) in [6, 6.07) is 9.87. The van der Waals surface area contributed by atoms with Crippen LogP contribution in [0, 0.1) is 6.92 Å². The lowest BCUT2D eigenvalue weighted by Crippen LogP contribution is -2.13. The fraction of sp³-hybridized carbons (Fsp3) is 0.214. The van der Waals surface area contributed by atoms with Crippen LogP contribution >= 0.6 is 11.6 Å². The van der Waals surface area contributed by atoms with Gasteiger partial charge in [0.1, 0.15) is 0 Å². The van der Waals surface area contributed by atoms with Gasteiger partial charge in [-0.3, -0.25) is 4.98 Å². The van der Waals surface area contributed by atoms with Gasteiger partial charge < -0.3 is 5.73 Å². The molecule has 0 fully saturated rings. The molecule has 0 aliphatic heterocycles. The van der Waals surface area contributed by atoms with Gasteiger partial charge in [-0.1, -0.05) is 29.8 Å². The minimum atomic E-state index is -0.0658. The molecule has 0 saturated carbocycles. The van der Waals surface area contributed by atoms with Crippen molar-refractivity contribution in [1.29, 1.82) is 0 Å². The topological polar surface area (TPSA) is 38.9 Å². The zero-order valence-electron chi connectivity index (χ0n) is 9.73. The van der Waals surface area contributed by atoms with Crippen LogP contribution in [-0.2, 0) is 6.42 Å². The molecule has 2 nitrogen and oxygen atoms in total. The highest BCUT2D eigenvalue weighted by molar-refractivity contribution is 6.31. The van der Waals surface area contributed by atoms with E-state index in [2.05, 4.69) is 11.1 Å². The quantitative estimate of drug-likeness (QED) is 0.903. The molecule has 17 heavy (non-hydrogen) atoms. The van der Waals surface area contributed by atoms with Crippen molar-refractivity contribution in [2.24, 2.45) is 5.73 Å². The fourth-order valence-electron chi connectivity index (χ4n) is 1.77. The molecule has 2 aromatic rings. The van der Waals surface area contributed by atoms with Crippen LogP contribution in [0.15, 0.2) is 42.7 Å². The zero-order chi connectivity index (χ0) is 12.3. The summed E-state index contributed by atoms with van der Waals surface area (Å²) >= 11 is 6.19. The highest BCUT2D eigenvalue weighted by atomic mass is 35.5. The van der Waals surface area contributed by atoms with E-state index in [4.69, 9.17) is 17.3 Å². The summed E-state index contributed by atoms with van der Waals surface area (Å²) in [5.74, 6) is 0. The van der Waals surface area contributed by atoms with Crippen molar-refractivity contribution in [2.45, 2.75) is 19.4 Å². The molecule has 2 rings (SSSR count). The van der Waals surface area contributed by atoms with Crippen LogP contribution < -0.4 is 5.73 Å². The van der Waals surface area contributed by atoms with E-state index in [9.17, 15) is 0 Å². The van der Waals surface area contributed by atoms with E-state index in [1.165, 1.54) is 0 Å². The molecule has 0 amide bonds. The number of aromatic nitrogens is 1. The summed E-state index contributed by atoms with van der Waals surface area (Å²) in [7, 11) is 0. The van der Waals surface area contributed by atoms with Gasteiger partial charge in [0.25, 0.3) is 0 Å². The van der Waals surface area contributed by atoms with Crippen molar-refractivity contribution in [1.82, 2.24) is 4.98 Å². The fourth-order valence-corrected chi connectivity index (χ4v) is 2.08. The average Bonchev–Trinajstić information content (AvgIpc) is 2.34. The molecule has 0 saturated heterocycles. The van der Waals surface area contributed by atoms with Crippen molar-refractivity contribution < 1.29 is 0 Å². The number of hydrogen-bond donors (Lipinski definition) is 1. The van der Waals surface area contributed by atoms with Gasteiger partial charge in [0.05, 0.1) is 0 Å². The number of halogens is 1. The molecule has 1 atom stereocenters. The second kappa shape index (κ2) is 5.30. The van der Waals surface area contributed by atoms with E-state index in [0.29, 0.717) is 0 Å². The lowest BCUT2D eigenvalue weighted by molar-refractivity contribution is 0.718.